The summed E-state index contributed by atoms with van der Waals surface area (Å²) >= 11 is 0. The summed E-state index contributed by atoms with van der Waals surface area (Å²) in [6, 6.07) is 25.4. The number of aliphatic carboxylic acids is 1. The number of carboxylic acid groups (broad SMARTS) is 1. The zero-order valence-electron chi connectivity index (χ0n) is 19.6. The Kier molecular flexibility index (Phi) is 9.23. The van der Waals surface area contributed by atoms with Gasteiger partial charge in [0.2, 0.25) is 5.91 Å². The summed E-state index contributed by atoms with van der Waals surface area (Å²) in [5.41, 5.74) is 4.13. The molecule has 0 aliphatic heterocycles. The highest BCUT2D eigenvalue weighted by atomic mass is 16.5. The van der Waals surface area contributed by atoms with Crippen LogP contribution in [-0.2, 0) is 27.3 Å². The van der Waals surface area contributed by atoms with Crippen molar-refractivity contribution < 1.29 is 24.2 Å². The molecule has 3 rings (SSSR count). The third-order valence-electron chi connectivity index (χ3n) is 5.32. The lowest BCUT2D eigenvalue weighted by Gasteiger charge is -2.16. The molecular formula is C28H31NO5. The van der Waals surface area contributed by atoms with Crippen LogP contribution in [0.2, 0.25) is 0 Å². The van der Waals surface area contributed by atoms with Gasteiger partial charge >= 0.3 is 5.97 Å². The van der Waals surface area contributed by atoms with E-state index in [1.807, 2.05) is 49.4 Å². The molecule has 6 nitrogen and oxygen atoms in total. The predicted molar refractivity (Wildman–Crippen MR) is 132 cm³/mol. The lowest BCUT2D eigenvalue weighted by molar-refractivity contribution is -0.150. The summed E-state index contributed by atoms with van der Waals surface area (Å²) in [5.74, 6) is -0.438. The number of hydrogen-bond donors (Lipinski definition) is 2. The van der Waals surface area contributed by atoms with E-state index < -0.39 is 12.1 Å². The van der Waals surface area contributed by atoms with Crippen LogP contribution in [0.25, 0.3) is 11.1 Å². The number of amides is 1. The Balaban J connectivity index is 1.46. The average molecular weight is 462 g/mol. The van der Waals surface area contributed by atoms with E-state index in [1.165, 1.54) is 0 Å². The normalized spacial score (nSPS) is 12.5. The molecule has 0 heterocycles. The molecule has 34 heavy (non-hydrogen) atoms. The SMILES string of the molecule is CCO[C@@H](Cc1ccc(OC(C)CC(=O)NCc2cccc(-c3ccccc3)c2)cc1)C(=O)O. The number of rotatable bonds is 12. The van der Waals surface area contributed by atoms with Crippen LogP contribution in [0.5, 0.6) is 5.75 Å². The topological polar surface area (TPSA) is 84.9 Å². The predicted octanol–water partition coefficient (Wildman–Crippen LogP) is 4.86. The summed E-state index contributed by atoms with van der Waals surface area (Å²) in [6.07, 6.45) is -0.664. The summed E-state index contributed by atoms with van der Waals surface area (Å²) in [4.78, 5) is 23.7. The second-order valence-electron chi connectivity index (χ2n) is 8.11. The lowest BCUT2D eigenvalue weighted by Crippen LogP contribution is -2.28. The van der Waals surface area contributed by atoms with Gasteiger partial charge in [-0.1, -0.05) is 60.7 Å². The molecule has 178 valence electrons. The number of carbonyl (C=O) groups excluding carboxylic acids is 1. The molecule has 3 aromatic rings. The van der Waals surface area contributed by atoms with E-state index in [0.717, 1.165) is 22.3 Å². The van der Waals surface area contributed by atoms with Crippen LogP contribution < -0.4 is 10.1 Å². The maximum Gasteiger partial charge on any atom is 0.333 e. The van der Waals surface area contributed by atoms with Gasteiger partial charge in [-0.25, -0.2) is 4.79 Å². The van der Waals surface area contributed by atoms with Crippen LogP contribution >= 0.6 is 0 Å². The van der Waals surface area contributed by atoms with E-state index in [0.29, 0.717) is 18.9 Å². The first kappa shape index (κ1) is 25.0. The van der Waals surface area contributed by atoms with Gasteiger partial charge in [0, 0.05) is 19.6 Å². The van der Waals surface area contributed by atoms with Crippen LogP contribution in [0.3, 0.4) is 0 Å². The zero-order valence-corrected chi connectivity index (χ0v) is 19.6. The third-order valence-corrected chi connectivity index (χ3v) is 5.32. The number of carbonyl (C=O) groups is 2. The highest BCUT2D eigenvalue weighted by Gasteiger charge is 2.18. The first-order valence-corrected chi connectivity index (χ1v) is 11.5. The van der Waals surface area contributed by atoms with Gasteiger partial charge in [0.25, 0.3) is 0 Å². The standard InChI is InChI=1S/C28H31NO5/c1-3-33-26(28(31)32)18-21-12-14-25(15-13-21)34-20(2)16-27(30)29-19-22-8-7-11-24(17-22)23-9-5-4-6-10-23/h4-15,17,20,26H,3,16,18-19H2,1-2H3,(H,29,30)(H,31,32)/t20?,26-/m0/s1. The van der Waals surface area contributed by atoms with E-state index >= 15 is 0 Å². The molecule has 0 radical (unpaired) electrons. The fourth-order valence-corrected chi connectivity index (χ4v) is 3.64. The van der Waals surface area contributed by atoms with Crippen molar-refractivity contribution in [3.05, 3.63) is 90.0 Å². The minimum Gasteiger partial charge on any atom is -0.490 e. The molecule has 6 heteroatoms. The zero-order chi connectivity index (χ0) is 24.3. The van der Waals surface area contributed by atoms with Crippen molar-refractivity contribution in [3.8, 4) is 16.9 Å². The average Bonchev–Trinajstić information content (AvgIpc) is 2.84. The Labute approximate surface area is 200 Å². The van der Waals surface area contributed by atoms with Crippen LogP contribution in [0.15, 0.2) is 78.9 Å². The monoisotopic (exact) mass is 461 g/mol. The fourth-order valence-electron chi connectivity index (χ4n) is 3.64. The van der Waals surface area contributed by atoms with Gasteiger partial charge in [-0.3, -0.25) is 4.79 Å². The second kappa shape index (κ2) is 12.6. The Morgan fingerprint density at radius 3 is 2.29 bits per heavy atom. The first-order valence-electron chi connectivity index (χ1n) is 11.5. The fraction of sp³-hybridized carbons (Fsp3) is 0.286. The number of hydrogen-bond acceptors (Lipinski definition) is 4. The molecule has 0 spiro atoms. The molecule has 0 aliphatic rings. The molecule has 2 atom stereocenters. The number of ether oxygens (including phenoxy) is 2. The Hall–Kier alpha value is -3.64. The van der Waals surface area contributed by atoms with Crippen molar-refractivity contribution in [1.29, 1.82) is 0 Å². The molecule has 0 saturated heterocycles. The van der Waals surface area contributed by atoms with E-state index in [2.05, 4.69) is 29.6 Å². The van der Waals surface area contributed by atoms with Crippen LogP contribution in [0.1, 0.15) is 31.4 Å². The largest absolute Gasteiger partial charge is 0.490 e. The van der Waals surface area contributed by atoms with Crippen molar-refractivity contribution >= 4 is 11.9 Å². The Morgan fingerprint density at radius 2 is 1.62 bits per heavy atom. The summed E-state index contributed by atoms with van der Waals surface area (Å²) in [6.45, 7) is 4.41. The van der Waals surface area contributed by atoms with Crippen molar-refractivity contribution in [2.24, 2.45) is 0 Å². The Bertz CT molecular complexity index is 1070. The van der Waals surface area contributed by atoms with Gasteiger partial charge in [0.05, 0.1) is 6.42 Å². The van der Waals surface area contributed by atoms with Crippen LogP contribution in [-0.4, -0.2) is 35.8 Å². The molecule has 0 aliphatic carbocycles. The van der Waals surface area contributed by atoms with E-state index in [4.69, 9.17) is 9.47 Å². The quantitative estimate of drug-likeness (QED) is 0.402. The van der Waals surface area contributed by atoms with Gasteiger partial charge in [0.15, 0.2) is 6.10 Å². The maximum atomic E-state index is 12.4. The van der Waals surface area contributed by atoms with Gasteiger partial charge < -0.3 is 19.9 Å². The van der Waals surface area contributed by atoms with Crippen molar-refractivity contribution in [2.75, 3.05) is 6.61 Å². The molecule has 0 saturated carbocycles. The Morgan fingerprint density at radius 1 is 0.912 bits per heavy atom. The molecule has 0 bridgehead atoms. The highest BCUT2D eigenvalue weighted by Crippen LogP contribution is 2.20. The minimum atomic E-state index is -0.978. The lowest BCUT2D eigenvalue weighted by atomic mass is 10.0. The molecule has 0 aromatic heterocycles. The van der Waals surface area contributed by atoms with Gasteiger partial charge in [-0.05, 0) is 54.3 Å². The van der Waals surface area contributed by atoms with Crippen molar-refractivity contribution in [3.63, 3.8) is 0 Å². The van der Waals surface area contributed by atoms with Gasteiger partial charge in [-0.2, -0.15) is 0 Å². The maximum absolute atomic E-state index is 12.4. The molecule has 1 amide bonds. The second-order valence-corrected chi connectivity index (χ2v) is 8.11. The van der Waals surface area contributed by atoms with Crippen molar-refractivity contribution in [2.45, 2.75) is 45.4 Å². The highest BCUT2D eigenvalue weighted by molar-refractivity contribution is 5.76. The van der Waals surface area contributed by atoms with Crippen molar-refractivity contribution in [1.82, 2.24) is 5.32 Å². The number of nitrogens with one attached hydrogen (secondary N) is 1. The van der Waals surface area contributed by atoms with Gasteiger partial charge in [-0.15, -0.1) is 0 Å². The molecule has 1 unspecified atom stereocenters. The third kappa shape index (κ3) is 7.74. The number of benzene rings is 3. The van der Waals surface area contributed by atoms with Crippen LogP contribution in [0.4, 0.5) is 0 Å². The van der Waals surface area contributed by atoms with E-state index in [9.17, 15) is 14.7 Å². The summed E-state index contributed by atoms with van der Waals surface area (Å²) in [7, 11) is 0. The molecular weight excluding hydrogens is 430 g/mol. The number of carboxylic acids is 1. The molecule has 2 N–H and O–H groups in total. The smallest absolute Gasteiger partial charge is 0.333 e. The van der Waals surface area contributed by atoms with E-state index in [-0.39, 0.29) is 24.9 Å². The van der Waals surface area contributed by atoms with Crippen LogP contribution in [0, 0.1) is 0 Å². The molecule has 0 fully saturated rings. The van der Waals surface area contributed by atoms with E-state index in [1.54, 1.807) is 19.1 Å². The summed E-state index contributed by atoms with van der Waals surface area (Å²) in [5, 5.41) is 12.2. The van der Waals surface area contributed by atoms with Gasteiger partial charge in [0.1, 0.15) is 11.9 Å². The first-order chi connectivity index (χ1) is 16.4. The summed E-state index contributed by atoms with van der Waals surface area (Å²) < 4.78 is 11.1. The minimum absolute atomic E-state index is 0.0877. The molecule has 3 aromatic carbocycles.